The van der Waals surface area contributed by atoms with E-state index in [0.29, 0.717) is 12.1 Å². The number of methoxy groups -OCH3 is 1. The normalized spacial score (nSPS) is 9.39. The van der Waals surface area contributed by atoms with Gasteiger partial charge in [-0.2, -0.15) is 0 Å². The van der Waals surface area contributed by atoms with E-state index in [1.807, 2.05) is 0 Å². The van der Waals surface area contributed by atoms with E-state index < -0.39 is 6.09 Å². The number of benzene rings is 1. The molecule has 0 radical (unpaired) electrons. The second-order valence-electron chi connectivity index (χ2n) is 3.43. The first kappa shape index (κ1) is 13.8. The zero-order valence-electron chi connectivity index (χ0n) is 10.1. The van der Waals surface area contributed by atoms with Gasteiger partial charge in [0.05, 0.1) is 12.7 Å². The number of esters is 1. The summed E-state index contributed by atoms with van der Waals surface area (Å²) < 4.78 is 9.33. The second-order valence-corrected chi connectivity index (χ2v) is 3.43. The molecule has 1 amide bonds. The molecule has 0 atom stereocenters. The third-order valence-electron chi connectivity index (χ3n) is 2.14. The fourth-order valence-corrected chi connectivity index (χ4v) is 1.24. The van der Waals surface area contributed by atoms with Crippen LogP contribution in [0.5, 0.6) is 0 Å². The van der Waals surface area contributed by atoms with E-state index in [9.17, 15) is 9.59 Å². The van der Waals surface area contributed by atoms with Crippen LogP contribution in [0, 0.1) is 0 Å². The third-order valence-corrected chi connectivity index (χ3v) is 2.14. The third kappa shape index (κ3) is 4.29. The van der Waals surface area contributed by atoms with E-state index in [-0.39, 0.29) is 12.6 Å². The zero-order valence-corrected chi connectivity index (χ0v) is 10.1. The Hall–Kier alpha value is -2.30. The van der Waals surface area contributed by atoms with Gasteiger partial charge >= 0.3 is 12.1 Å². The topological polar surface area (TPSA) is 64.6 Å². The van der Waals surface area contributed by atoms with Gasteiger partial charge in [0.25, 0.3) is 0 Å². The predicted molar refractivity (Wildman–Crippen MR) is 66.2 cm³/mol. The van der Waals surface area contributed by atoms with Gasteiger partial charge in [0.2, 0.25) is 0 Å². The van der Waals surface area contributed by atoms with Crippen molar-refractivity contribution in [3.63, 3.8) is 0 Å². The van der Waals surface area contributed by atoms with Crippen LogP contribution in [0.25, 0.3) is 0 Å². The van der Waals surface area contributed by atoms with Gasteiger partial charge in [-0.1, -0.05) is 24.8 Å². The van der Waals surface area contributed by atoms with Gasteiger partial charge in [0.15, 0.2) is 0 Å². The van der Waals surface area contributed by atoms with Crippen LogP contribution in [-0.4, -0.2) is 25.8 Å². The molecule has 5 heteroatoms. The quantitative estimate of drug-likeness (QED) is 0.639. The smallest absolute Gasteiger partial charge is 0.407 e. The number of ether oxygens (including phenoxy) is 2. The van der Waals surface area contributed by atoms with Crippen molar-refractivity contribution < 1.29 is 19.1 Å². The average molecular weight is 249 g/mol. The van der Waals surface area contributed by atoms with Crippen LogP contribution in [0.15, 0.2) is 36.9 Å². The van der Waals surface area contributed by atoms with E-state index in [2.05, 4.69) is 16.6 Å². The van der Waals surface area contributed by atoms with E-state index in [1.54, 1.807) is 24.3 Å². The summed E-state index contributed by atoms with van der Waals surface area (Å²) in [5.74, 6) is -0.389. The van der Waals surface area contributed by atoms with Crippen molar-refractivity contribution in [1.29, 1.82) is 0 Å². The highest BCUT2D eigenvalue weighted by Crippen LogP contribution is 2.05. The van der Waals surface area contributed by atoms with Gasteiger partial charge in [0.1, 0.15) is 6.61 Å². The van der Waals surface area contributed by atoms with Crippen LogP contribution in [-0.2, 0) is 16.0 Å². The van der Waals surface area contributed by atoms with E-state index in [0.717, 1.165) is 5.56 Å². The lowest BCUT2D eigenvalue weighted by molar-refractivity contribution is 0.0600. The molecule has 0 heterocycles. The van der Waals surface area contributed by atoms with Gasteiger partial charge in [-0.05, 0) is 17.7 Å². The predicted octanol–water partition coefficient (Wildman–Crippen LogP) is 1.89. The maximum absolute atomic E-state index is 11.2. The Morgan fingerprint density at radius 3 is 2.56 bits per heavy atom. The van der Waals surface area contributed by atoms with Crippen LogP contribution >= 0.6 is 0 Å². The van der Waals surface area contributed by atoms with Gasteiger partial charge in [-0.15, -0.1) is 0 Å². The lowest BCUT2D eigenvalue weighted by Gasteiger charge is -2.06. The molecule has 0 unspecified atom stereocenters. The summed E-state index contributed by atoms with van der Waals surface area (Å²) in [5.41, 5.74) is 1.33. The molecule has 0 bridgehead atoms. The van der Waals surface area contributed by atoms with Crippen molar-refractivity contribution in [2.24, 2.45) is 0 Å². The Bertz CT molecular complexity index is 425. The fourth-order valence-electron chi connectivity index (χ4n) is 1.24. The summed E-state index contributed by atoms with van der Waals surface area (Å²) in [5, 5.41) is 2.57. The minimum Gasteiger partial charge on any atom is -0.465 e. The summed E-state index contributed by atoms with van der Waals surface area (Å²) in [7, 11) is 1.33. The highest BCUT2D eigenvalue weighted by molar-refractivity contribution is 5.89. The summed E-state index contributed by atoms with van der Waals surface area (Å²) in [6.45, 7) is 3.94. The van der Waals surface area contributed by atoms with Crippen LogP contribution in [0.1, 0.15) is 15.9 Å². The number of amides is 1. The van der Waals surface area contributed by atoms with Crippen LogP contribution in [0.2, 0.25) is 0 Å². The molecule has 1 rings (SSSR count). The van der Waals surface area contributed by atoms with E-state index in [1.165, 1.54) is 13.2 Å². The Labute approximate surface area is 105 Å². The Morgan fingerprint density at radius 1 is 1.33 bits per heavy atom. The molecule has 0 aromatic heterocycles. The minimum atomic E-state index is -0.507. The van der Waals surface area contributed by atoms with Crippen LogP contribution in [0.4, 0.5) is 4.79 Å². The molecule has 0 fully saturated rings. The number of nitrogens with one attached hydrogen (secondary N) is 1. The standard InChI is InChI=1S/C13H15NO4/c1-3-8-18-13(16)14-9-10-4-6-11(7-5-10)12(15)17-2/h3-7H,1,8-9H2,2H3,(H,14,16). The Kier molecular flexibility index (Phi) is 5.44. The first-order valence-electron chi connectivity index (χ1n) is 5.36. The average Bonchev–Trinajstić information content (AvgIpc) is 2.42. The molecular formula is C13H15NO4. The van der Waals surface area contributed by atoms with Crippen molar-refractivity contribution >= 4 is 12.1 Å². The number of alkyl carbamates (subject to hydrolysis) is 1. The van der Waals surface area contributed by atoms with Crippen LogP contribution < -0.4 is 5.32 Å². The molecule has 18 heavy (non-hydrogen) atoms. The Morgan fingerprint density at radius 2 is 2.00 bits per heavy atom. The van der Waals surface area contributed by atoms with Crippen molar-refractivity contribution in [3.05, 3.63) is 48.0 Å². The first-order valence-corrected chi connectivity index (χ1v) is 5.36. The monoisotopic (exact) mass is 249 g/mol. The maximum Gasteiger partial charge on any atom is 0.407 e. The highest BCUT2D eigenvalue weighted by atomic mass is 16.5. The lowest BCUT2D eigenvalue weighted by Crippen LogP contribution is -2.23. The molecule has 96 valence electrons. The van der Waals surface area contributed by atoms with Crippen molar-refractivity contribution in [2.45, 2.75) is 6.54 Å². The summed E-state index contributed by atoms with van der Waals surface area (Å²) in [4.78, 5) is 22.3. The summed E-state index contributed by atoms with van der Waals surface area (Å²) >= 11 is 0. The highest BCUT2D eigenvalue weighted by Gasteiger charge is 2.05. The molecule has 0 saturated carbocycles. The van der Waals surface area contributed by atoms with Crippen molar-refractivity contribution in [3.8, 4) is 0 Å². The van der Waals surface area contributed by atoms with E-state index in [4.69, 9.17) is 4.74 Å². The van der Waals surface area contributed by atoms with Crippen molar-refractivity contribution in [1.82, 2.24) is 5.32 Å². The lowest BCUT2D eigenvalue weighted by atomic mass is 10.1. The molecule has 0 spiro atoms. The molecule has 1 N–H and O–H groups in total. The molecule has 0 saturated heterocycles. The largest absolute Gasteiger partial charge is 0.465 e. The number of carbonyl (C=O) groups excluding carboxylic acids is 2. The molecule has 0 aliphatic carbocycles. The van der Waals surface area contributed by atoms with Gasteiger partial charge in [-0.25, -0.2) is 9.59 Å². The maximum atomic E-state index is 11.2. The van der Waals surface area contributed by atoms with Gasteiger partial charge in [-0.3, -0.25) is 0 Å². The molecule has 5 nitrogen and oxygen atoms in total. The summed E-state index contributed by atoms with van der Waals surface area (Å²) in [6, 6.07) is 6.75. The molecule has 0 aliphatic rings. The summed E-state index contributed by atoms with van der Waals surface area (Å²) in [6.07, 6.45) is 0.983. The second kappa shape index (κ2) is 7.11. The SMILES string of the molecule is C=CCOC(=O)NCc1ccc(C(=O)OC)cc1. The van der Waals surface area contributed by atoms with E-state index >= 15 is 0 Å². The minimum absolute atomic E-state index is 0.174. The van der Waals surface area contributed by atoms with Crippen molar-refractivity contribution in [2.75, 3.05) is 13.7 Å². The Balaban J connectivity index is 2.46. The van der Waals surface area contributed by atoms with Gasteiger partial charge < -0.3 is 14.8 Å². The number of hydrogen-bond donors (Lipinski definition) is 1. The fraction of sp³-hybridized carbons (Fsp3) is 0.231. The van der Waals surface area contributed by atoms with Crippen LogP contribution in [0.3, 0.4) is 0 Å². The first-order chi connectivity index (χ1) is 8.67. The molecular weight excluding hydrogens is 234 g/mol. The molecule has 1 aromatic rings. The van der Waals surface area contributed by atoms with Gasteiger partial charge in [0, 0.05) is 6.54 Å². The number of rotatable bonds is 5. The molecule has 0 aliphatic heterocycles. The zero-order chi connectivity index (χ0) is 13.4. The molecule has 1 aromatic carbocycles. The number of hydrogen-bond acceptors (Lipinski definition) is 4. The number of carbonyl (C=O) groups is 2.